The number of benzene rings is 4. The first-order chi connectivity index (χ1) is 37.4. The fourth-order valence-electron chi connectivity index (χ4n) is 11.8. The van der Waals surface area contributed by atoms with Gasteiger partial charge in [0.1, 0.15) is 23.6 Å². The van der Waals surface area contributed by atoms with Crippen molar-refractivity contribution >= 4 is 20.1 Å². The predicted octanol–water partition coefficient (Wildman–Crippen LogP) is 11.2. The van der Waals surface area contributed by atoms with E-state index in [4.69, 9.17) is 38.6 Å². The number of fused-ring (bicyclic) bond motifs is 4. The average Bonchev–Trinajstić information content (AvgIpc) is 4.39. The topological polar surface area (TPSA) is 177 Å². The average molecular weight is 1060 g/mol. The lowest BCUT2D eigenvalue weighted by molar-refractivity contribution is -0.129. The molecule has 2 aliphatic heterocycles. The Morgan fingerprint density at radius 2 is 1.12 bits per heavy atom. The van der Waals surface area contributed by atoms with Crippen LogP contribution in [-0.4, -0.2) is 108 Å². The number of hydrogen-bond donors (Lipinski definition) is 0. The molecule has 0 radical (unpaired) electrons. The Morgan fingerprint density at radius 3 is 1.58 bits per heavy atom. The number of aromatic nitrogens is 4. The van der Waals surface area contributed by atoms with Crippen LogP contribution < -0.4 is 9.47 Å². The summed E-state index contributed by atoms with van der Waals surface area (Å²) < 4.78 is 24.6. The minimum atomic E-state index is -1.90. The molecule has 6 aromatic rings. The maximum absolute atomic E-state index is 13.5. The molecule has 402 valence electrons. The third kappa shape index (κ3) is 10.8. The van der Waals surface area contributed by atoms with Crippen LogP contribution in [0, 0.1) is 22.7 Å². The van der Waals surface area contributed by atoms with Crippen LogP contribution in [0.3, 0.4) is 0 Å². The number of nitrogens with zero attached hydrogens (tertiary/aromatic N) is 8. The molecule has 4 aliphatic rings. The van der Waals surface area contributed by atoms with Gasteiger partial charge in [-0.2, -0.15) is 10.5 Å². The molecule has 0 N–H and O–H groups in total. The molecule has 4 heterocycles. The molecule has 4 aromatic carbocycles. The Morgan fingerprint density at radius 1 is 0.641 bits per heavy atom. The second-order valence-electron chi connectivity index (χ2n) is 23.5. The zero-order valence-corrected chi connectivity index (χ0v) is 47.3. The molecule has 0 saturated carbocycles. The maximum Gasteiger partial charge on any atom is 0.223 e. The van der Waals surface area contributed by atoms with E-state index in [2.05, 4.69) is 82.4 Å². The first kappa shape index (κ1) is 54.1. The van der Waals surface area contributed by atoms with Gasteiger partial charge in [0.05, 0.1) is 90.7 Å². The SMILES string of the molecule is CC(C)Oc1ccc(-c2cnc(-c3cccc4c3CCC43CC(=O)N(CCOCCC(C)Oc4ccc(-c5cnc(-c6cccc7c6CCC76CC(=O)N(CCO[Si](C)(C)C(C)(C)C)C6)cn5)cc4C#N)C3)cn2)cc1C#N. The third-order valence-electron chi connectivity index (χ3n) is 17.0. The standard InChI is InChI=1S/C63H70N8O6Si/c1-41(2)76-57-17-15-43(29-45(57)33-64)53-35-68-55(37-66-53)49-11-9-13-51-47(49)19-22-62(51)31-59(72)70(39-62)24-27-74-26-21-42(3)77-58-18-16-44(30-46(58)34-65)54-36-69-56(38-67-54)50-12-10-14-52-48(50)20-23-63(52)32-60(73)71(40-63)25-28-75-78(7,8)61(4,5)6/h9-18,29-30,35-38,41-42H,19-28,31-32,39-40H2,1-8H3. The highest BCUT2D eigenvalue weighted by atomic mass is 28.4. The van der Waals surface area contributed by atoms with Gasteiger partial charge in [-0.15, -0.1) is 0 Å². The van der Waals surface area contributed by atoms with Gasteiger partial charge in [-0.3, -0.25) is 29.5 Å². The second kappa shape index (κ2) is 21.8. The normalized spacial score (nSPS) is 19.2. The van der Waals surface area contributed by atoms with Gasteiger partial charge in [0.2, 0.25) is 11.8 Å². The van der Waals surface area contributed by atoms with E-state index in [0.717, 1.165) is 59.3 Å². The van der Waals surface area contributed by atoms with Gasteiger partial charge in [-0.25, -0.2) is 0 Å². The van der Waals surface area contributed by atoms with E-state index in [1.165, 1.54) is 22.3 Å². The highest BCUT2D eigenvalue weighted by Gasteiger charge is 2.50. The molecule has 2 aliphatic carbocycles. The lowest BCUT2D eigenvalue weighted by atomic mass is 9.80. The van der Waals surface area contributed by atoms with E-state index in [9.17, 15) is 20.1 Å². The number of likely N-dealkylation sites (tertiary alicyclic amines) is 2. The van der Waals surface area contributed by atoms with Crippen LogP contribution >= 0.6 is 0 Å². The number of rotatable bonds is 18. The summed E-state index contributed by atoms with van der Waals surface area (Å²) in [6.45, 7) is 20.9. The van der Waals surface area contributed by atoms with Crippen molar-refractivity contribution in [2.45, 2.75) is 128 Å². The van der Waals surface area contributed by atoms with Crippen molar-refractivity contribution in [2.75, 3.05) is 46.0 Å². The van der Waals surface area contributed by atoms with Crippen molar-refractivity contribution in [3.8, 4) is 68.7 Å². The summed E-state index contributed by atoms with van der Waals surface area (Å²) in [6, 6.07) is 28.2. The molecule has 78 heavy (non-hydrogen) atoms. The molecule has 3 unspecified atom stereocenters. The Kier molecular flexibility index (Phi) is 15.1. The van der Waals surface area contributed by atoms with E-state index < -0.39 is 8.32 Å². The first-order valence-electron chi connectivity index (χ1n) is 27.5. The summed E-state index contributed by atoms with van der Waals surface area (Å²) in [6.07, 6.45) is 11.9. The minimum absolute atomic E-state index is 0.0438. The Labute approximate surface area is 459 Å². The molecule has 14 nitrogen and oxygen atoms in total. The highest BCUT2D eigenvalue weighted by molar-refractivity contribution is 6.74. The van der Waals surface area contributed by atoms with E-state index in [0.29, 0.717) is 99.3 Å². The molecule has 2 fully saturated rings. The fourth-order valence-corrected chi connectivity index (χ4v) is 12.8. The molecule has 2 spiro atoms. The van der Waals surface area contributed by atoms with Crippen LogP contribution in [0.25, 0.3) is 45.0 Å². The summed E-state index contributed by atoms with van der Waals surface area (Å²) in [5, 5.41) is 20.1. The van der Waals surface area contributed by atoms with Crippen LogP contribution in [0.5, 0.6) is 11.5 Å². The molecule has 2 amide bonds. The Hall–Kier alpha value is -7.30. The summed E-state index contributed by atoms with van der Waals surface area (Å²) in [5.41, 5.74) is 11.8. The summed E-state index contributed by atoms with van der Waals surface area (Å²) in [5.74, 6) is 1.37. The van der Waals surface area contributed by atoms with Crippen molar-refractivity contribution in [3.05, 3.63) is 131 Å². The van der Waals surface area contributed by atoms with Gasteiger partial charge in [0, 0.05) is 78.5 Å². The third-order valence-corrected chi connectivity index (χ3v) is 21.6. The van der Waals surface area contributed by atoms with Crippen LogP contribution in [0.1, 0.15) is 107 Å². The summed E-state index contributed by atoms with van der Waals surface area (Å²) in [7, 11) is -1.90. The predicted molar refractivity (Wildman–Crippen MR) is 302 cm³/mol. The fraction of sp³-hybridized carbons (Fsp3) is 0.429. The molecular weight excluding hydrogens is 993 g/mol. The van der Waals surface area contributed by atoms with Gasteiger partial charge in [0.25, 0.3) is 0 Å². The quantitative estimate of drug-likeness (QED) is 0.0589. The van der Waals surface area contributed by atoms with Crippen molar-refractivity contribution < 1.29 is 28.2 Å². The van der Waals surface area contributed by atoms with Crippen LogP contribution in [-0.2, 0) is 42.4 Å². The molecule has 0 bridgehead atoms. The smallest absolute Gasteiger partial charge is 0.223 e. The van der Waals surface area contributed by atoms with E-state index in [-0.39, 0.29) is 39.9 Å². The van der Waals surface area contributed by atoms with Crippen LogP contribution in [0.15, 0.2) is 97.6 Å². The summed E-state index contributed by atoms with van der Waals surface area (Å²) >= 11 is 0. The van der Waals surface area contributed by atoms with Gasteiger partial charge < -0.3 is 28.4 Å². The lowest BCUT2D eigenvalue weighted by Gasteiger charge is -2.36. The summed E-state index contributed by atoms with van der Waals surface area (Å²) in [4.78, 5) is 50.1. The molecule has 2 saturated heterocycles. The largest absolute Gasteiger partial charge is 0.490 e. The Bertz CT molecular complexity index is 3330. The van der Waals surface area contributed by atoms with E-state index >= 15 is 0 Å². The maximum atomic E-state index is 13.5. The van der Waals surface area contributed by atoms with Crippen LogP contribution in [0.4, 0.5) is 0 Å². The van der Waals surface area contributed by atoms with Gasteiger partial charge in [0.15, 0.2) is 8.32 Å². The van der Waals surface area contributed by atoms with Gasteiger partial charge in [-0.05, 0) is 123 Å². The second-order valence-corrected chi connectivity index (χ2v) is 28.3. The molecular formula is C63H70N8O6Si. The molecule has 10 rings (SSSR count). The van der Waals surface area contributed by atoms with Crippen LogP contribution in [0.2, 0.25) is 18.1 Å². The zero-order valence-electron chi connectivity index (χ0n) is 46.3. The van der Waals surface area contributed by atoms with E-state index in [1.807, 2.05) is 48.8 Å². The number of hydrogen-bond acceptors (Lipinski definition) is 12. The minimum Gasteiger partial charge on any atom is -0.490 e. The number of amides is 2. The lowest BCUT2D eigenvalue weighted by Crippen LogP contribution is -2.43. The van der Waals surface area contributed by atoms with Crippen molar-refractivity contribution in [1.29, 1.82) is 10.5 Å². The number of nitriles is 2. The molecule has 3 atom stereocenters. The van der Waals surface area contributed by atoms with Crippen molar-refractivity contribution in [2.24, 2.45) is 0 Å². The van der Waals surface area contributed by atoms with E-state index in [1.54, 1.807) is 43.0 Å². The van der Waals surface area contributed by atoms with Crippen molar-refractivity contribution in [3.63, 3.8) is 0 Å². The number of carbonyl (C=O) groups is 2. The van der Waals surface area contributed by atoms with Gasteiger partial charge >= 0.3 is 0 Å². The van der Waals surface area contributed by atoms with Crippen molar-refractivity contribution in [1.82, 2.24) is 29.7 Å². The zero-order chi connectivity index (χ0) is 55.0. The number of carbonyl (C=O) groups excluding carboxylic acids is 2. The molecule has 2 aromatic heterocycles. The monoisotopic (exact) mass is 1060 g/mol. The highest BCUT2D eigenvalue weighted by Crippen LogP contribution is 2.50. The Balaban J connectivity index is 0.699. The molecule has 15 heteroatoms. The number of ether oxygens (including phenoxy) is 3. The first-order valence-corrected chi connectivity index (χ1v) is 30.4. The van der Waals surface area contributed by atoms with Gasteiger partial charge in [-0.1, -0.05) is 57.2 Å².